The molecule has 0 aliphatic carbocycles. The molecular weight excluding hydrogens is 559 g/mol. The van der Waals surface area contributed by atoms with Gasteiger partial charge in [-0.1, -0.05) is 36.7 Å². The number of carboxylic acids is 1. The van der Waals surface area contributed by atoms with Crippen LogP contribution in [0.2, 0.25) is 5.02 Å². The van der Waals surface area contributed by atoms with E-state index >= 15 is 0 Å². The van der Waals surface area contributed by atoms with Crippen LogP contribution in [0.5, 0.6) is 5.75 Å². The number of nitrogens with zero attached hydrogens (tertiary/aromatic N) is 4. The monoisotopic (exact) mass is 590 g/mol. The van der Waals surface area contributed by atoms with Crippen LogP contribution in [0.3, 0.4) is 0 Å². The van der Waals surface area contributed by atoms with E-state index in [0.717, 1.165) is 54.0 Å². The van der Waals surface area contributed by atoms with Crippen molar-refractivity contribution in [2.45, 2.75) is 44.9 Å². The van der Waals surface area contributed by atoms with Crippen molar-refractivity contribution in [2.24, 2.45) is 10.9 Å². The first kappa shape index (κ1) is 28.3. The summed E-state index contributed by atoms with van der Waals surface area (Å²) in [5.74, 6) is 0.405. The van der Waals surface area contributed by atoms with Gasteiger partial charge in [-0.05, 0) is 79.7 Å². The summed E-state index contributed by atoms with van der Waals surface area (Å²) in [6.07, 6.45) is 2.80. The number of halogens is 2. The first-order valence-corrected chi connectivity index (χ1v) is 14.5. The van der Waals surface area contributed by atoms with Gasteiger partial charge in [0.15, 0.2) is 6.10 Å². The number of aromatic carboxylic acids is 1. The third kappa shape index (κ3) is 5.64. The second kappa shape index (κ2) is 11.8. The number of fused-ring (bicyclic) bond motifs is 2. The quantitative estimate of drug-likeness (QED) is 0.247. The van der Waals surface area contributed by atoms with Crippen LogP contribution in [0.1, 0.15) is 59.1 Å². The Kier molecular flexibility index (Phi) is 7.98. The molecule has 2 aliphatic heterocycles. The van der Waals surface area contributed by atoms with E-state index in [1.54, 1.807) is 36.5 Å². The lowest BCUT2D eigenvalue weighted by molar-refractivity contribution is 0.0697. The Morgan fingerprint density at radius 1 is 1.14 bits per heavy atom. The number of carboxylic acid groups (broad SMARTS) is 1. The predicted molar refractivity (Wildman–Crippen MR) is 160 cm³/mol. The topological polar surface area (TPSA) is 100 Å². The van der Waals surface area contributed by atoms with Gasteiger partial charge >= 0.3 is 5.97 Å². The van der Waals surface area contributed by atoms with E-state index in [4.69, 9.17) is 21.3 Å². The molecule has 0 bridgehead atoms. The van der Waals surface area contributed by atoms with Crippen LogP contribution < -0.4 is 4.74 Å². The van der Waals surface area contributed by atoms with E-state index < -0.39 is 17.9 Å². The third-order valence-electron chi connectivity index (χ3n) is 8.16. The first-order chi connectivity index (χ1) is 20.3. The Morgan fingerprint density at radius 3 is 2.69 bits per heavy atom. The second-order valence-electron chi connectivity index (χ2n) is 11.2. The number of aliphatic hydroxyl groups excluding tert-OH is 1. The SMILES string of the molecule is C[C@H](CO)Cn1c(CN2CCC(c3cccc4c3OC(c3ccc(Cl)cc3F)C=N4)CC2)nc2ccc(C(=O)O)cc21. The minimum atomic E-state index is -0.981. The second-order valence-corrected chi connectivity index (χ2v) is 11.6. The number of para-hydroxylation sites is 1. The number of hydrogen-bond acceptors (Lipinski definition) is 6. The average molecular weight is 591 g/mol. The molecule has 42 heavy (non-hydrogen) atoms. The molecule has 4 aromatic rings. The van der Waals surface area contributed by atoms with E-state index in [9.17, 15) is 19.4 Å². The maximum atomic E-state index is 14.7. The molecule has 1 saturated heterocycles. The number of imidazole rings is 1. The highest BCUT2D eigenvalue weighted by atomic mass is 35.5. The van der Waals surface area contributed by atoms with Gasteiger partial charge < -0.3 is 19.5 Å². The van der Waals surface area contributed by atoms with Crippen molar-refractivity contribution >= 4 is 40.5 Å². The number of piperidine rings is 1. The Balaban J connectivity index is 1.19. The summed E-state index contributed by atoms with van der Waals surface area (Å²) in [6.45, 7) is 4.83. The summed E-state index contributed by atoms with van der Waals surface area (Å²) in [7, 11) is 0. The summed E-state index contributed by atoms with van der Waals surface area (Å²) in [5.41, 5.74) is 3.94. The van der Waals surface area contributed by atoms with Crippen molar-refractivity contribution in [1.29, 1.82) is 0 Å². The van der Waals surface area contributed by atoms with Gasteiger partial charge in [-0.15, -0.1) is 0 Å². The van der Waals surface area contributed by atoms with Gasteiger partial charge in [0.25, 0.3) is 0 Å². The highest BCUT2D eigenvalue weighted by molar-refractivity contribution is 6.30. The molecule has 3 heterocycles. The maximum absolute atomic E-state index is 14.7. The van der Waals surface area contributed by atoms with Crippen LogP contribution in [0.25, 0.3) is 11.0 Å². The fourth-order valence-electron chi connectivity index (χ4n) is 5.88. The first-order valence-electron chi connectivity index (χ1n) is 14.1. The third-order valence-corrected chi connectivity index (χ3v) is 8.40. The minimum Gasteiger partial charge on any atom is -0.478 e. The number of ether oxygens (including phenoxy) is 1. The molecule has 1 unspecified atom stereocenters. The Hall–Kier alpha value is -3.79. The molecule has 218 valence electrons. The van der Waals surface area contributed by atoms with E-state index in [2.05, 4.69) is 16.0 Å². The number of carbonyl (C=O) groups is 1. The lowest BCUT2D eigenvalue weighted by Gasteiger charge is -2.34. The Morgan fingerprint density at radius 2 is 1.95 bits per heavy atom. The molecule has 2 N–H and O–H groups in total. The van der Waals surface area contributed by atoms with Crippen molar-refractivity contribution in [2.75, 3.05) is 19.7 Å². The molecule has 0 radical (unpaired) electrons. The van der Waals surface area contributed by atoms with Gasteiger partial charge in [0.1, 0.15) is 23.1 Å². The van der Waals surface area contributed by atoms with Crippen LogP contribution in [0, 0.1) is 11.7 Å². The standard InChI is InChI=1S/C32H32ClFN4O4/c1-19(18-39)16-38-28-13-21(32(40)41)5-8-26(28)36-30(38)17-37-11-9-20(10-12-37)23-3-2-4-27-31(23)42-29(15-35-27)24-7-6-22(33)14-25(24)34/h2-8,13-15,19-20,29,39H,9-12,16-18H2,1H3,(H,40,41)/t19-,29?/m0/s1. The number of benzene rings is 3. The zero-order valence-electron chi connectivity index (χ0n) is 23.2. The number of aromatic nitrogens is 2. The molecule has 1 aromatic heterocycles. The van der Waals surface area contributed by atoms with Crippen LogP contribution >= 0.6 is 11.6 Å². The number of aliphatic imine (C=N–C) groups is 1. The van der Waals surface area contributed by atoms with Gasteiger partial charge in [-0.25, -0.2) is 14.2 Å². The minimum absolute atomic E-state index is 0.00235. The van der Waals surface area contributed by atoms with Crippen LogP contribution in [-0.4, -0.2) is 56.5 Å². The van der Waals surface area contributed by atoms with Crippen LogP contribution in [0.15, 0.2) is 59.6 Å². The fraction of sp³-hybridized carbons (Fsp3) is 0.344. The molecule has 10 heteroatoms. The molecular formula is C32H32ClFN4O4. The van der Waals surface area contributed by atoms with Crippen molar-refractivity contribution in [3.63, 3.8) is 0 Å². The number of aliphatic hydroxyl groups is 1. The highest BCUT2D eigenvalue weighted by Crippen LogP contribution is 2.44. The van der Waals surface area contributed by atoms with Crippen molar-refractivity contribution in [1.82, 2.24) is 14.5 Å². The van der Waals surface area contributed by atoms with Crippen molar-refractivity contribution < 1.29 is 24.1 Å². The molecule has 1 fully saturated rings. The van der Waals surface area contributed by atoms with Gasteiger partial charge in [-0.3, -0.25) is 9.89 Å². The van der Waals surface area contributed by atoms with E-state index in [1.165, 1.54) is 6.07 Å². The van der Waals surface area contributed by atoms with Gasteiger partial charge in [0, 0.05) is 23.7 Å². The molecule has 0 spiro atoms. The molecule has 3 aromatic carbocycles. The van der Waals surface area contributed by atoms with Crippen molar-refractivity contribution in [3.05, 3.63) is 88.0 Å². The number of rotatable bonds is 8. The Bertz CT molecular complexity index is 1660. The van der Waals surface area contributed by atoms with E-state index in [0.29, 0.717) is 29.4 Å². The molecule has 8 nitrogen and oxygen atoms in total. The zero-order valence-corrected chi connectivity index (χ0v) is 24.0. The average Bonchev–Trinajstić information content (AvgIpc) is 3.32. The van der Waals surface area contributed by atoms with E-state index in [-0.39, 0.29) is 24.0 Å². The maximum Gasteiger partial charge on any atom is 0.335 e. The molecule has 2 atom stereocenters. The highest BCUT2D eigenvalue weighted by Gasteiger charge is 2.29. The van der Waals surface area contributed by atoms with Gasteiger partial charge in [0.05, 0.1) is 29.4 Å². The molecule has 0 amide bonds. The molecule has 0 saturated carbocycles. The van der Waals surface area contributed by atoms with Crippen LogP contribution in [0.4, 0.5) is 10.1 Å². The molecule has 2 aliphatic rings. The summed E-state index contributed by atoms with van der Waals surface area (Å²) < 4.78 is 23.0. The largest absolute Gasteiger partial charge is 0.478 e. The normalized spacial score (nSPS) is 18.1. The summed E-state index contributed by atoms with van der Waals surface area (Å²) >= 11 is 5.95. The summed E-state index contributed by atoms with van der Waals surface area (Å²) in [4.78, 5) is 23.4. The van der Waals surface area contributed by atoms with Gasteiger partial charge in [0.2, 0.25) is 0 Å². The fourth-order valence-corrected chi connectivity index (χ4v) is 6.04. The smallest absolute Gasteiger partial charge is 0.335 e. The lowest BCUT2D eigenvalue weighted by atomic mass is 9.88. The Labute approximate surface area is 248 Å². The van der Waals surface area contributed by atoms with Crippen molar-refractivity contribution in [3.8, 4) is 5.75 Å². The number of hydrogen-bond donors (Lipinski definition) is 2. The van der Waals surface area contributed by atoms with Gasteiger partial charge in [-0.2, -0.15) is 0 Å². The zero-order chi connectivity index (χ0) is 29.4. The van der Waals surface area contributed by atoms with Crippen LogP contribution in [-0.2, 0) is 13.1 Å². The summed E-state index contributed by atoms with van der Waals surface area (Å²) in [6, 6.07) is 15.5. The molecule has 6 rings (SSSR count). The summed E-state index contributed by atoms with van der Waals surface area (Å²) in [5, 5.41) is 19.5. The van der Waals surface area contributed by atoms with E-state index in [1.807, 2.05) is 23.6 Å². The number of likely N-dealkylation sites (tertiary alicyclic amines) is 1. The predicted octanol–water partition coefficient (Wildman–Crippen LogP) is 6.37. The lowest BCUT2D eigenvalue weighted by Crippen LogP contribution is -2.34.